The van der Waals surface area contributed by atoms with E-state index < -0.39 is 60.3 Å². The summed E-state index contributed by atoms with van der Waals surface area (Å²) in [6.07, 6.45) is 4.24. The average Bonchev–Trinajstić information content (AvgIpc) is 3.59. The highest BCUT2D eigenvalue weighted by Crippen LogP contribution is 2.04. The summed E-state index contributed by atoms with van der Waals surface area (Å²) in [6.45, 7) is 0.676. The van der Waals surface area contributed by atoms with Gasteiger partial charge < -0.3 is 39.8 Å². The number of ether oxygens (including phenoxy) is 4. The Kier molecular flexibility index (Phi) is 20.4. The van der Waals surface area contributed by atoms with E-state index >= 15 is 0 Å². The van der Waals surface area contributed by atoms with Crippen LogP contribution >= 0.6 is 0 Å². The van der Waals surface area contributed by atoms with Gasteiger partial charge in [0.2, 0.25) is 23.6 Å². The van der Waals surface area contributed by atoms with Gasteiger partial charge in [-0.05, 0) is 0 Å². The highest BCUT2D eigenvalue weighted by atomic mass is 17.1. The number of hydrogen-bond acceptors (Lipinski definition) is 14. The van der Waals surface area contributed by atoms with Crippen LogP contribution in [0.3, 0.4) is 0 Å². The van der Waals surface area contributed by atoms with Crippen LogP contribution in [-0.2, 0) is 62.2 Å². The van der Waals surface area contributed by atoms with Gasteiger partial charge in [-0.1, -0.05) is 0 Å². The van der Waals surface area contributed by atoms with E-state index in [0.717, 1.165) is 14.7 Å². The predicted octanol–water partition coefficient (Wildman–Crippen LogP) is -3.65. The summed E-state index contributed by atoms with van der Waals surface area (Å²) in [6, 6.07) is 0. The van der Waals surface area contributed by atoms with Gasteiger partial charge in [0, 0.05) is 56.8 Å². The minimum atomic E-state index is -0.619. The highest BCUT2D eigenvalue weighted by Gasteiger charge is 2.24. The van der Waals surface area contributed by atoms with Crippen molar-refractivity contribution >= 4 is 47.3 Å². The van der Waals surface area contributed by atoms with Crippen molar-refractivity contribution in [2.45, 2.75) is 12.8 Å². The molecular weight excluding hydrogens is 668 g/mol. The molecule has 8 amide bonds. The van der Waals surface area contributed by atoms with Crippen molar-refractivity contribution in [1.82, 2.24) is 30.7 Å². The molecule has 20 nitrogen and oxygen atoms in total. The first-order chi connectivity index (χ1) is 24.1. The van der Waals surface area contributed by atoms with Gasteiger partial charge in [0.15, 0.2) is 0 Å². The lowest BCUT2D eigenvalue weighted by Gasteiger charge is -2.22. The van der Waals surface area contributed by atoms with Crippen molar-refractivity contribution in [2.75, 3.05) is 105 Å². The number of carbonyl (C=O) groups is 8. The van der Waals surface area contributed by atoms with Gasteiger partial charge >= 0.3 is 0 Å². The minimum Gasteiger partial charge on any atom is -0.377 e. The van der Waals surface area contributed by atoms with Crippen molar-refractivity contribution in [3.8, 4) is 0 Å². The molecule has 0 bridgehead atoms. The van der Waals surface area contributed by atoms with Gasteiger partial charge in [0.05, 0.1) is 72.6 Å². The van der Waals surface area contributed by atoms with Gasteiger partial charge in [0.25, 0.3) is 23.6 Å². The second-order valence-electron chi connectivity index (χ2n) is 10.4. The summed E-state index contributed by atoms with van der Waals surface area (Å²) in [5.41, 5.74) is 0. The Hall–Kier alpha value is -4.60. The second kappa shape index (κ2) is 24.5. The Morgan fingerprint density at radius 3 is 1.34 bits per heavy atom. The standard InChI is InChI=1S/C30H44N6O14/c37-23(31-9-14-50-45)1-2-26(40)34(21-24(38)32-7-12-46-17-19-48-15-10-35-27(41)3-4-28(35)42)22-25(39)33-8-13-47-18-20-49-16-11-36-29(43)5-6-30(36)44/h3-6,45H,1-2,7-22H2,(H,31,37)(H,32,38)(H,33,39). The maximum Gasteiger partial charge on any atom is 0.253 e. The van der Waals surface area contributed by atoms with Crippen LogP contribution < -0.4 is 16.0 Å². The van der Waals surface area contributed by atoms with E-state index in [4.69, 9.17) is 24.2 Å². The van der Waals surface area contributed by atoms with E-state index in [0.29, 0.717) is 0 Å². The molecule has 0 spiro atoms. The SMILES string of the molecule is O=C(CCC(=O)N(CC(=O)NCCOCCOCCN1C(=O)C=CC1=O)CC(=O)NCCOCCOCCN1C(=O)C=CC1=O)NCCOO. The quantitative estimate of drug-likeness (QED) is 0.0265. The fourth-order valence-electron chi connectivity index (χ4n) is 4.18. The zero-order valence-corrected chi connectivity index (χ0v) is 27.6. The molecule has 0 aliphatic carbocycles. The highest BCUT2D eigenvalue weighted by molar-refractivity contribution is 6.13. The lowest BCUT2D eigenvalue weighted by molar-refractivity contribution is -0.240. The fraction of sp³-hybridized carbons (Fsp3) is 0.600. The Balaban J connectivity index is 1.63. The third-order valence-corrected chi connectivity index (χ3v) is 6.70. The molecule has 2 aliphatic rings. The third kappa shape index (κ3) is 17.2. The van der Waals surface area contributed by atoms with Crippen molar-refractivity contribution < 1.29 is 67.4 Å². The number of imide groups is 2. The minimum absolute atomic E-state index is 0.0249. The molecule has 2 aliphatic heterocycles. The maximum atomic E-state index is 12.8. The summed E-state index contributed by atoms with van der Waals surface area (Å²) in [5.74, 6) is -3.82. The zero-order valence-electron chi connectivity index (χ0n) is 27.6. The van der Waals surface area contributed by atoms with E-state index in [1.807, 2.05) is 0 Å². The van der Waals surface area contributed by atoms with Crippen molar-refractivity contribution in [1.29, 1.82) is 0 Å². The predicted molar refractivity (Wildman–Crippen MR) is 168 cm³/mol. The number of amides is 8. The topological polar surface area (TPSA) is 249 Å². The molecule has 2 rings (SSSR count). The molecule has 0 aromatic rings. The number of nitrogens with one attached hydrogen (secondary N) is 3. The van der Waals surface area contributed by atoms with Crippen LogP contribution in [0.25, 0.3) is 0 Å². The summed E-state index contributed by atoms with van der Waals surface area (Å²) < 4.78 is 21.4. The molecule has 0 radical (unpaired) electrons. The molecule has 0 aromatic carbocycles. The lowest BCUT2D eigenvalue weighted by atomic mass is 10.2. The molecule has 0 saturated carbocycles. The van der Waals surface area contributed by atoms with Crippen molar-refractivity contribution in [3.05, 3.63) is 24.3 Å². The van der Waals surface area contributed by atoms with Crippen LogP contribution in [0, 0.1) is 0 Å². The van der Waals surface area contributed by atoms with E-state index in [-0.39, 0.29) is 105 Å². The normalized spacial score (nSPS) is 13.8. The molecule has 0 atom stereocenters. The molecule has 20 heteroatoms. The number of rotatable bonds is 28. The van der Waals surface area contributed by atoms with Crippen LogP contribution in [0.2, 0.25) is 0 Å². The van der Waals surface area contributed by atoms with Gasteiger partial charge in [-0.15, -0.1) is 0 Å². The molecule has 50 heavy (non-hydrogen) atoms. The van der Waals surface area contributed by atoms with Gasteiger partial charge in [-0.25, -0.2) is 4.89 Å². The zero-order chi connectivity index (χ0) is 36.6. The van der Waals surface area contributed by atoms with Gasteiger partial charge in [-0.3, -0.25) is 53.4 Å². The number of carbonyl (C=O) groups excluding carboxylic acids is 8. The van der Waals surface area contributed by atoms with E-state index in [9.17, 15) is 38.4 Å². The molecule has 0 aromatic heterocycles. The summed E-state index contributed by atoms with van der Waals surface area (Å²) >= 11 is 0. The van der Waals surface area contributed by atoms with Crippen LogP contribution in [-0.4, -0.2) is 172 Å². The summed E-state index contributed by atoms with van der Waals surface area (Å²) in [7, 11) is 0. The fourth-order valence-corrected chi connectivity index (χ4v) is 4.18. The first kappa shape index (κ1) is 41.6. The molecule has 278 valence electrons. The molecule has 2 heterocycles. The first-order valence-electron chi connectivity index (χ1n) is 15.8. The van der Waals surface area contributed by atoms with Crippen molar-refractivity contribution in [3.63, 3.8) is 0 Å². The van der Waals surface area contributed by atoms with E-state index in [2.05, 4.69) is 20.8 Å². The Labute approximate surface area is 287 Å². The molecule has 4 N–H and O–H groups in total. The second-order valence-corrected chi connectivity index (χ2v) is 10.4. The van der Waals surface area contributed by atoms with Crippen molar-refractivity contribution in [2.24, 2.45) is 0 Å². The smallest absolute Gasteiger partial charge is 0.253 e. The van der Waals surface area contributed by atoms with E-state index in [1.54, 1.807) is 0 Å². The molecule has 0 saturated heterocycles. The maximum absolute atomic E-state index is 12.8. The Morgan fingerprint density at radius 2 is 0.920 bits per heavy atom. The van der Waals surface area contributed by atoms with Crippen LogP contribution in [0.15, 0.2) is 24.3 Å². The van der Waals surface area contributed by atoms with Crippen LogP contribution in [0.5, 0.6) is 0 Å². The van der Waals surface area contributed by atoms with E-state index in [1.165, 1.54) is 24.3 Å². The summed E-state index contributed by atoms with van der Waals surface area (Å²) in [5, 5.41) is 16.0. The van der Waals surface area contributed by atoms with Crippen LogP contribution in [0.1, 0.15) is 12.8 Å². The summed E-state index contributed by atoms with van der Waals surface area (Å²) in [4.78, 5) is 103. The monoisotopic (exact) mass is 712 g/mol. The lowest BCUT2D eigenvalue weighted by Crippen LogP contribution is -2.46. The Bertz CT molecular complexity index is 1130. The molecule has 0 unspecified atom stereocenters. The van der Waals surface area contributed by atoms with Crippen LogP contribution in [0.4, 0.5) is 0 Å². The molecular formula is C30H44N6O14. The first-order valence-corrected chi connectivity index (χ1v) is 15.8. The average molecular weight is 713 g/mol. The largest absolute Gasteiger partial charge is 0.377 e. The number of nitrogens with zero attached hydrogens (tertiary/aromatic N) is 3. The number of hydrogen-bond donors (Lipinski definition) is 4. The Morgan fingerprint density at radius 1 is 0.540 bits per heavy atom. The third-order valence-electron chi connectivity index (χ3n) is 6.70. The molecule has 0 fully saturated rings. The van der Waals surface area contributed by atoms with Gasteiger partial charge in [-0.2, -0.15) is 0 Å². The van der Waals surface area contributed by atoms with Gasteiger partial charge in [0.1, 0.15) is 13.1 Å².